The van der Waals surface area contributed by atoms with Gasteiger partial charge >= 0.3 is 0 Å². The second kappa shape index (κ2) is 5.97. The van der Waals surface area contributed by atoms with Crippen molar-refractivity contribution >= 4 is 17.3 Å². The van der Waals surface area contributed by atoms with Crippen LogP contribution in [-0.4, -0.2) is 10.2 Å². The van der Waals surface area contributed by atoms with E-state index in [-0.39, 0.29) is 6.04 Å². The third-order valence-electron chi connectivity index (χ3n) is 3.20. The molecule has 0 saturated heterocycles. The molecule has 0 radical (unpaired) electrons. The van der Waals surface area contributed by atoms with E-state index in [2.05, 4.69) is 22.4 Å². The van der Waals surface area contributed by atoms with Crippen LogP contribution in [0, 0.1) is 0 Å². The van der Waals surface area contributed by atoms with E-state index in [1.807, 2.05) is 48.5 Å². The summed E-state index contributed by atoms with van der Waals surface area (Å²) in [6, 6.07) is 15.8. The van der Waals surface area contributed by atoms with Crippen LogP contribution in [-0.2, 0) is 0 Å². The Morgan fingerprint density at radius 3 is 2.76 bits per heavy atom. The minimum Gasteiger partial charge on any atom is -0.423 e. The van der Waals surface area contributed by atoms with Crippen molar-refractivity contribution in [3.8, 4) is 11.5 Å². The highest BCUT2D eigenvalue weighted by molar-refractivity contribution is 6.30. The van der Waals surface area contributed by atoms with E-state index in [1.54, 1.807) is 0 Å². The van der Waals surface area contributed by atoms with E-state index in [0.717, 1.165) is 21.8 Å². The number of rotatable bonds is 4. The van der Waals surface area contributed by atoms with Crippen molar-refractivity contribution in [3.63, 3.8) is 0 Å². The molecule has 0 aliphatic heterocycles. The zero-order chi connectivity index (χ0) is 14.7. The van der Waals surface area contributed by atoms with Crippen molar-refractivity contribution in [1.82, 2.24) is 10.2 Å². The van der Waals surface area contributed by atoms with E-state index in [0.29, 0.717) is 5.89 Å². The van der Waals surface area contributed by atoms with Crippen molar-refractivity contribution in [2.75, 3.05) is 5.32 Å². The summed E-state index contributed by atoms with van der Waals surface area (Å²) in [5, 5.41) is 11.8. The summed E-state index contributed by atoms with van der Waals surface area (Å²) in [7, 11) is 0. The van der Waals surface area contributed by atoms with Gasteiger partial charge < -0.3 is 9.73 Å². The highest BCUT2D eigenvalue weighted by Gasteiger charge is 2.08. The highest BCUT2D eigenvalue weighted by Crippen LogP contribution is 2.25. The smallest absolute Gasteiger partial charge is 0.247 e. The number of halogens is 1. The Morgan fingerprint density at radius 1 is 1.14 bits per heavy atom. The Labute approximate surface area is 127 Å². The van der Waals surface area contributed by atoms with Crippen LogP contribution in [0.1, 0.15) is 18.5 Å². The predicted octanol–water partition coefficient (Wildman–Crippen LogP) is 4.56. The van der Waals surface area contributed by atoms with Crippen LogP contribution in [0.2, 0.25) is 5.02 Å². The first-order valence-corrected chi connectivity index (χ1v) is 6.99. The fourth-order valence-corrected chi connectivity index (χ4v) is 2.35. The summed E-state index contributed by atoms with van der Waals surface area (Å²) in [5.41, 5.74) is 3.00. The molecule has 1 atom stereocenters. The Kier molecular flexibility index (Phi) is 3.88. The molecule has 1 heterocycles. The van der Waals surface area contributed by atoms with Gasteiger partial charge in [0.25, 0.3) is 0 Å². The molecule has 0 fully saturated rings. The number of nitrogens with zero attached hydrogens (tertiary/aromatic N) is 2. The molecule has 3 rings (SSSR count). The monoisotopic (exact) mass is 299 g/mol. The Hall–Kier alpha value is -2.33. The van der Waals surface area contributed by atoms with Crippen LogP contribution >= 0.6 is 11.6 Å². The molecule has 0 bridgehead atoms. The number of benzene rings is 2. The summed E-state index contributed by atoms with van der Waals surface area (Å²) in [5.74, 6) is 0.508. The number of hydrogen-bond donors (Lipinski definition) is 1. The van der Waals surface area contributed by atoms with E-state index >= 15 is 0 Å². The lowest BCUT2D eigenvalue weighted by atomic mass is 10.1. The molecule has 0 aliphatic carbocycles. The maximum Gasteiger partial charge on any atom is 0.247 e. The van der Waals surface area contributed by atoms with E-state index in [9.17, 15) is 0 Å². The summed E-state index contributed by atoms with van der Waals surface area (Å²) in [6.45, 7) is 2.09. The van der Waals surface area contributed by atoms with Crippen molar-refractivity contribution in [2.45, 2.75) is 13.0 Å². The molecule has 5 heteroatoms. The molecular formula is C16H14ClN3O. The van der Waals surface area contributed by atoms with Crippen LogP contribution in [0.25, 0.3) is 11.5 Å². The Morgan fingerprint density at radius 2 is 2.00 bits per heavy atom. The van der Waals surface area contributed by atoms with Gasteiger partial charge in [-0.2, -0.15) is 0 Å². The van der Waals surface area contributed by atoms with E-state index in [4.69, 9.17) is 16.0 Å². The van der Waals surface area contributed by atoms with Crippen molar-refractivity contribution in [1.29, 1.82) is 0 Å². The first kappa shape index (κ1) is 13.6. The van der Waals surface area contributed by atoms with Crippen molar-refractivity contribution < 1.29 is 4.42 Å². The maximum absolute atomic E-state index is 6.03. The molecule has 4 nitrogen and oxygen atoms in total. The minimum atomic E-state index is 0.140. The number of hydrogen-bond acceptors (Lipinski definition) is 4. The SMILES string of the molecule is CC(Nc1cccc(-c2nnco2)c1)c1cccc(Cl)c1. The van der Waals surface area contributed by atoms with Crippen LogP contribution in [0.15, 0.2) is 59.3 Å². The topological polar surface area (TPSA) is 51.0 Å². The van der Waals surface area contributed by atoms with E-state index in [1.165, 1.54) is 6.39 Å². The summed E-state index contributed by atoms with van der Waals surface area (Å²) >= 11 is 6.03. The molecule has 2 aromatic carbocycles. The van der Waals surface area contributed by atoms with Crippen LogP contribution < -0.4 is 5.32 Å². The summed E-state index contributed by atoms with van der Waals surface area (Å²) in [4.78, 5) is 0. The molecule has 3 aromatic rings. The van der Waals surface area contributed by atoms with Gasteiger partial charge in [0.1, 0.15) is 0 Å². The lowest BCUT2D eigenvalue weighted by molar-refractivity contribution is 0.568. The molecule has 0 aliphatic rings. The molecule has 1 unspecified atom stereocenters. The summed E-state index contributed by atoms with van der Waals surface area (Å²) < 4.78 is 5.21. The first-order valence-electron chi connectivity index (χ1n) is 6.61. The molecular weight excluding hydrogens is 286 g/mol. The third kappa shape index (κ3) is 3.23. The number of aromatic nitrogens is 2. The van der Waals surface area contributed by atoms with Crippen molar-refractivity contribution in [2.24, 2.45) is 0 Å². The second-order valence-electron chi connectivity index (χ2n) is 4.75. The van der Waals surface area contributed by atoms with Gasteiger partial charge in [-0.05, 0) is 42.8 Å². The minimum absolute atomic E-state index is 0.140. The lowest BCUT2D eigenvalue weighted by Crippen LogP contribution is -2.06. The van der Waals surface area contributed by atoms with Gasteiger partial charge in [-0.3, -0.25) is 0 Å². The van der Waals surface area contributed by atoms with Crippen LogP contribution in [0.3, 0.4) is 0 Å². The first-order chi connectivity index (χ1) is 10.2. The van der Waals surface area contributed by atoms with Crippen LogP contribution in [0.4, 0.5) is 5.69 Å². The highest BCUT2D eigenvalue weighted by atomic mass is 35.5. The van der Waals surface area contributed by atoms with E-state index < -0.39 is 0 Å². The fraction of sp³-hybridized carbons (Fsp3) is 0.125. The standard InChI is InChI=1S/C16H14ClN3O/c1-11(12-4-2-6-14(17)8-12)19-15-7-3-5-13(9-15)16-20-18-10-21-16/h2-11,19H,1H3. The van der Waals surface area contributed by atoms with Gasteiger partial charge in [0.2, 0.25) is 12.3 Å². The zero-order valence-corrected chi connectivity index (χ0v) is 12.2. The normalized spacial score (nSPS) is 12.1. The Balaban J connectivity index is 1.80. The molecule has 1 aromatic heterocycles. The molecule has 0 spiro atoms. The second-order valence-corrected chi connectivity index (χ2v) is 5.18. The molecule has 0 saturated carbocycles. The zero-order valence-electron chi connectivity index (χ0n) is 11.5. The van der Waals surface area contributed by atoms with Gasteiger partial charge in [-0.25, -0.2) is 0 Å². The van der Waals surface area contributed by atoms with Gasteiger partial charge in [-0.15, -0.1) is 10.2 Å². The fourth-order valence-electron chi connectivity index (χ4n) is 2.15. The number of anilines is 1. The molecule has 1 N–H and O–H groups in total. The molecule has 106 valence electrons. The van der Waals surface area contributed by atoms with Gasteiger partial charge in [0, 0.05) is 22.3 Å². The molecule has 0 amide bonds. The average Bonchev–Trinajstić information content (AvgIpc) is 3.02. The average molecular weight is 300 g/mol. The van der Waals surface area contributed by atoms with Crippen LogP contribution in [0.5, 0.6) is 0 Å². The van der Waals surface area contributed by atoms with Crippen molar-refractivity contribution in [3.05, 3.63) is 65.5 Å². The van der Waals surface area contributed by atoms with Gasteiger partial charge in [0.15, 0.2) is 0 Å². The predicted molar refractivity (Wildman–Crippen MR) is 83.2 cm³/mol. The summed E-state index contributed by atoms with van der Waals surface area (Å²) in [6.07, 6.45) is 1.32. The lowest BCUT2D eigenvalue weighted by Gasteiger charge is -2.16. The third-order valence-corrected chi connectivity index (χ3v) is 3.44. The largest absolute Gasteiger partial charge is 0.423 e. The Bertz CT molecular complexity index is 728. The van der Waals surface area contributed by atoms with Gasteiger partial charge in [-0.1, -0.05) is 29.8 Å². The quantitative estimate of drug-likeness (QED) is 0.767. The van der Waals surface area contributed by atoms with Gasteiger partial charge in [0.05, 0.1) is 0 Å². The molecule has 21 heavy (non-hydrogen) atoms. The maximum atomic E-state index is 6.03. The number of nitrogens with one attached hydrogen (secondary N) is 1.